The monoisotopic (exact) mass is 385 g/mol. The zero-order valence-corrected chi connectivity index (χ0v) is 14.7. The lowest BCUT2D eigenvalue weighted by Crippen LogP contribution is -2.30. The molecule has 0 atom stereocenters. The number of rotatable bonds is 3. The number of amides is 2. The number of carbonyl (C=O) groups excluding carboxylic acids is 2. The summed E-state index contributed by atoms with van der Waals surface area (Å²) >= 11 is 5.99. The summed E-state index contributed by atoms with van der Waals surface area (Å²) in [7, 11) is 0. The molecule has 0 radical (unpaired) electrons. The molecule has 3 aromatic rings. The van der Waals surface area contributed by atoms with Crippen LogP contribution in [-0.4, -0.2) is 44.7 Å². The largest absolute Gasteiger partial charge is 0.337 e. The molecule has 0 unspecified atom stereocenters. The molecule has 1 saturated heterocycles. The van der Waals surface area contributed by atoms with E-state index in [-0.39, 0.29) is 29.8 Å². The third-order valence-corrected chi connectivity index (χ3v) is 4.30. The van der Waals surface area contributed by atoms with Crippen molar-refractivity contribution in [2.24, 2.45) is 0 Å². The van der Waals surface area contributed by atoms with E-state index < -0.39 is 11.7 Å². The Balaban J connectivity index is 1.82. The van der Waals surface area contributed by atoms with Gasteiger partial charge in [-0.05, 0) is 36.4 Å². The molecule has 1 N–H and O–H groups in total. The molecule has 1 aliphatic heterocycles. The standard InChI is InChI=1S/C18H13ClFN5O2/c19-12-5-11(6-13(20)7-12)16-8-15(18(27)24-9-17(26)22-10-24)23-25(16)14-1-3-21-4-2-14/h1-8H,9-10H2,(H,22,26). The first-order valence-corrected chi connectivity index (χ1v) is 8.42. The van der Waals surface area contributed by atoms with E-state index in [9.17, 15) is 14.0 Å². The van der Waals surface area contributed by atoms with Gasteiger partial charge in [-0.1, -0.05) is 11.6 Å². The van der Waals surface area contributed by atoms with E-state index >= 15 is 0 Å². The summed E-state index contributed by atoms with van der Waals surface area (Å²) in [5, 5.41) is 7.19. The van der Waals surface area contributed by atoms with E-state index in [1.165, 1.54) is 21.7 Å². The molecule has 136 valence electrons. The van der Waals surface area contributed by atoms with Crippen LogP contribution in [-0.2, 0) is 4.79 Å². The maximum atomic E-state index is 13.9. The van der Waals surface area contributed by atoms with Crippen molar-refractivity contribution in [3.63, 3.8) is 0 Å². The van der Waals surface area contributed by atoms with Crippen molar-refractivity contribution in [1.29, 1.82) is 0 Å². The average Bonchev–Trinajstić information content (AvgIpc) is 3.28. The van der Waals surface area contributed by atoms with Gasteiger partial charge >= 0.3 is 0 Å². The van der Waals surface area contributed by atoms with Gasteiger partial charge in [0.05, 0.1) is 18.1 Å². The van der Waals surface area contributed by atoms with Crippen LogP contribution in [0.1, 0.15) is 10.5 Å². The Labute approximate surface area is 158 Å². The summed E-state index contributed by atoms with van der Waals surface area (Å²) < 4.78 is 15.4. The van der Waals surface area contributed by atoms with Crippen molar-refractivity contribution < 1.29 is 14.0 Å². The van der Waals surface area contributed by atoms with E-state index in [2.05, 4.69) is 15.4 Å². The Morgan fingerprint density at radius 2 is 1.96 bits per heavy atom. The maximum absolute atomic E-state index is 13.9. The predicted molar refractivity (Wildman–Crippen MR) is 95.8 cm³/mol. The molecule has 0 bridgehead atoms. The summed E-state index contributed by atoms with van der Waals surface area (Å²) in [6, 6.07) is 9.09. The molecule has 9 heteroatoms. The van der Waals surface area contributed by atoms with Crippen LogP contribution in [0.15, 0.2) is 48.8 Å². The van der Waals surface area contributed by atoms with Crippen molar-refractivity contribution in [1.82, 2.24) is 25.0 Å². The molecule has 0 saturated carbocycles. The fourth-order valence-electron chi connectivity index (χ4n) is 2.85. The number of hydrogen-bond donors (Lipinski definition) is 1. The third kappa shape index (κ3) is 3.39. The van der Waals surface area contributed by atoms with Gasteiger partial charge in [-0.3, -0.25) is 14.6 Å². The van der Waals surface area contributed by atoms with Gasteiger partial charge in [0, 0.05) is 23.0 Å². The molecule has 2 aromatic heterocycles. The highest BCUT2D eigenvalue weighted by atomic mass is 35.5. The minimum Gasteiger partial charge on any atom is -0.337 e. The van der Waals surface area contributed by atoms with E-state index in [4.69, 9.17) is 11.6 Å². The first-order valence-electron chi connectivity index (χ1n) is 8.04. The first-order chi connectivity index (χ1) is 13.0. The van der Waals surface area contributed by atoms with Gasteiger partial charge in [-0.2, -0.15) is 5.10 Å². The summed E-state index contributed by atoms with van der Waals surface area (Å²) in [6.45, 7) is 0.100. The van der Waals surface area contributed by atoms with Crippen molar-refractivity contribution in [2.75, 3.05) is 13.2 Å². The molecule has 3 heterocycles. The number of aromatic nitrogens is 3. The van der Waals surface area contributed by atoms with Gasteiger partial charge in [0.1, 0.15) is 12.4 Å². The summed E-state index contributed by atoms with van der Waals surface area (Å²) in [6.07, 6.45) is 3.17. The van der Waals surface area contributed by atoms with Crippen LogP contribution in [0, 0.1) is 5.82 Å². The van der Waals surface area contributed by atoms with Crippen molar-refractivity contribution in [3.05, 3.63) is 65.3 Å². The Hall–Kier alpha value is -3.26. The van der Waals surface area contributed by atoms with Crippen LogP contribution >= 0.6 is 11.6 Å². The highest BCUT2D eigenvalue weighted by Gasteiger charge is 2.27. The number of nitrogens with one attached hydrogen (secondary N) is 1. The second-order valence-electron chi connectivity index (χ2n) is 5.95. The fraction of sp³-hybridized carbons (Fsp3) is 0.111. The number of halogens is 2. The van der Waals surface area contributed by atoms with Gasteiger partial charge < -0.3 is 10.2 Å². The van der Waals surface area contributed by atoms with E-state index in [0.29, 0.717) is 16.9 Å². The zero-order valence-electron chi connectivity index (χ0n) is 13.9. The minimum atomic E-state index is -0.498. The SMILES string of the molecule is O=C1CN(C(=O)c2cc(-c3cc(F)cc(Cl)c3)n(-c3ccncc3)n2)CN1. The van der Waals surface area contributed by atoms with Crippen molar-refractivity contribution in [2.45, 2.75) is 0 Å². The van der Waals surface area contributed by atoms with E-state index in [1.807, 2.05) is 0 Å². The van der Waals surface area contributed by atoms with Gasteiger partial charge in [0.15, 0.2) is 5.69 Å². The maximum Gasteiger partial charge on any atom is 0.276 e. The van der Waals surface area contributed by atoms with Gasteiger partial charge in [-0.15, -0.1) is 0 Å². The quantitative estimate of drug-likeness (QED) is 0.750. The molecule has 4 rings (SSSR count). The first kappa shape index (κ1) is 17.2. The Morgan fingerprint density at radius 3 is 2.63 bits per heavy atom. The number of hydrogen-bond acceptors (Lipinski definition) is 4. The fourth-order valence-corrected chi connectivity index (χ4v) is 3.07. The Bertz CT molecular complexity index is 1020. The molecular formula is C18H13ClFN5O2. The smallest absolute Gasteiger partial charge is 0.276 e. The molecular weight excluding hydrogens is 373 g/mol. The predicted octanol–water partition coefficient (Wildman–Crippen LogP) is 2.26. The molecule has 1 fully saturated rings. The highest BCUT2D eigenvalue weighted by Crippen LogP contribution is 2.28. The number of nitrogens with zero attached hydrogens (tertiary/aromatic N) is 4. The van der Waals surface area contributed by atoms with Gasteiger partial charge in [-0.25, -0.2) is 9.07 Å². The van der Waals surface area contributed by atoms with Crippen molar-refractivity contribution in [3.8, 4) is 16.9 Å². The number of pyridine rings is 1. The minimum absolute atomic E-state index is 0.0257. The summed E-state index contributed by atoms with van der Waals surface area (Å²) in [4.78, 5) is 29.4. The topological polar surface area (TPSA) is 80.1 Å². The molecule has 0 spiro atoms. The normalized spacial score (nSPS) is 13.7. The number of carbonyl (C=O) groups is 2. The number of benzene rings is 1. The molecule has 2 amide bonds. The van der Waals surface area contributed by atoms with Crippen LogP contribution in [0.2, 0.25) is 5.02 Å². The summed E-state index contributed by atoms with van der Waals surface area (Å²) in [5.41, 5.74) is 1.75. The second-order valence-corrected chi connectivity index (χ2v) is 6.39. The molecule has 1 aromatic carbocycles. The van der Waals surface area contributed by atoms with E-state index in [1.54, 1.807) is 36.7 Å². The lowest BCUT2D eigenvalue weighted by Gasteiger charge is -2.10. The Kier molecular flexibility index (Phi) is 4.33. The molecule has 27 heavy (non-hydrogen) atoms. The third-order valence-electron chi connectivity index (χ3n) is 4.08. The molecule has 1 aliphatic rings. The lowest BCUT2D eigenvalue weighted by atomic mass is 10.1. The Morgan fingerprint density at radius 1 is 1.19 bits per heavy atom. The van der Waals surface area contributed by atoms with Crippen molar-refractivity contribution >= 4 is 23.4 Å². The van der Waals surface area contributed by atoms with Crippen LogP contribution in [0.5, 0.6) is 0 Å². The van der Waals surface area contributed by atoms with Gasteiger partial charge in [0.25, 0.3) is 5.91 Å². The van der Waals surface area contributed by atoms with E-state index in [0.717, 1.165) is 0 Å². The van der Waals surface area contributed by atoms with Crippen LogP contribution in [0.3, 0.4) is 0 Å². The second kappa shape index (κ2) is 6.81. The van der Waals surface area contributed by atoms with Crippen LogP contribution in [0.4, 0.5) is 4.39 Å². The van der Waals surface area contributed by atoms with Crippen LogP contribution in [0.25, 0.3) is 16.9 Å². The highest BCUT2D eigenvalue weighted by molar-refractivity contribution is 6.30. The summed E-state index contributed by atoms with van der Waals surface area (Å²) in [5.74, 6) is -1.12. The molecule has 7 nitrogen and oxygen atoms in total. The molecule has 0 aliphatic carbocycles. The van der Waals surface area contributed by atoms with Gasteiger partial charge in [0.2, 0.25) is 5.91 Å². The van der Waals surface area contributed by atoms with Crippen LogP contribution < -0.4 is 5.32 Å². The lowest BCUT2D eigenvalue weighted by molar-refractivity contribution is -0.118. The average molecular weight is 386 g/mol. The zero-order chi connectivity index (χ0) is 19.0.